The Morgan fingerprint density at radius 3 is 2.68 bits per heavy atom. The van der Waals surface area contributed by atoms with E-state index in [9.17, 15) is 4.79 Å². The quantitative estimate of drug-likeness (QED) is 0.406. The predicted molar refractivity (Wildman–Crippen MR) is 136 cm³/mol. The van der Waals surface area contributed by atoms with Crippen molar-refractivity contribution in [3.63, 3.8) is 0 Å². The lowest BCUT2D eigenvalue weighted by Crippen LogP contribution is -2.24. The topological polar surface area (TPSA) is 104 Å². The predicted octanol–water partition coefficient (Wildman–Crippen LogP) is 4.71. The molecule has 8 nitrogen and oxygen atoms in total. The van der Waals surface area contributed by atoms with Crippen LogP contribution in [0.25, 0.3) is 0 Å². The van der Waals surface area contributed by atoms with E-state index < -0.39 is 0 Å². The maximum Gasteiger partial charge on any atom is 0.256 e. The van der Waals surface area contributed by atoms with Crippen molar-refractivity contribution in [3.05, 3.63) is 63.9 Å². The molecule has 4 N–H and O–H groups in total. The number of hydrogen-bond donors (Lipinski definition) is 4. The summed E-state index contributed by atoms with van der Waals surface area (Å²) < 4.78 is 0. The summed E-state index contributed by atoms with van der Waals surface area (Å²) in [6, 6.07) is 9.94. The minimum Gasteiger partial charge on any atom is -0.352 e. The van der Waals surface area contributed by atoms with E-state index in [0.29, 0.717) is 34.7 Å². The standard InChI is InChI=1S/C25H30ClN7O/c1-5-28-23(34)18-14-29-24(30-17-7-6-15-10-11-27-13-16(15)12-17)33-21(18)32-22-19(26)8-9-20(31-22)25(2,3)4/h6-9,12,14,27H,5,10-11,13H2,1-4H3,(H,28,34)(H2,29,30,31,32,33). The summed E-state index contributed by atoms with van der Waals surface area (Å²) in [4.78, 5) is 26.4. The van der Waals surface area contributed by atoms with Crippen LogP contribution >= 0.6 is 11.6 Å². The zero-order valence-corrected chi connectivity index (χ0v) is 20.7. The zero-order valence-electron chi connectivity index (χ0n) is 19.9. The summed E-state index contributed by atoms with van der Waals surface area (Å²) >= 11 is 6.44. The first-order valence-electron chi connectivity index (χ1n) is 11.4. The van der Waals surface area contributed by atoms with E-state index in [0.717, 1.165) is 30.9 Å². The molecule has 2 aromatic heterocycles. The average molecular weight is 480 g/mol. The Labute approximate surface area is 205 Å². The van der Waals surface area contributed by atoms with Gasteiger partial charge in [-0.25, -0.2) is 9.97 Å². The van der Waals surface area contributed by atoms with Crippen molar-refractivity contribution in [1.29, 1.82) is 0 Å². The Kier molecular flexibility index (Phi) is 7.00. The van der Waals surface area contributed by atoms with Crippen LogP contribution in [-0.2, 0) is 18.4 Å². The molecule has 3 aromatic rings. The maximum atomic E-state index is 12.7. The van der Waals surface area contributed by atoms with Crippen molar-refractivity contribution in [2.45, 2.75) is 46.1 Å². The lowest BCUT2D eigenvalue weighted by Gasteiger charge is -2.20. The molecular weight excluding hydrogens is 450 g/mol. The molecule has 0 radical (unpaired) electrons. The summed E-state index contributed by atoms with van der Waals surface area (Å²) in [5.41, 5.74) is 4.49. The summed E-state index contributed by atoms with van der Waals surface area (Å²) in [5, 5.41) is 13.0. The van der Waals surface area contributed by atoms with Crippen LogP contribution in [0.15, 0.2) is 36.5 Å². The maximum absolute atomic E-state index is 12.7. The molecule has 4 rings (SSSR count). The SMILES string of the molecule is CCNC(=O)c1cnc(Nc2ccc3c(c2)CNCC3)nc1Nc1nc(C(C)(C)C)ccc1Cl. The minimum absolute atomic E-state index is 0.164. The fourth-order valence-electron chi connectivity index (χ4n) is 3.71. The number of amides is 1. The van der Waals surface area contributed by atoms with Crippen molar-refractivity contribution in [2.24, 2.45) is 0 Å². The highest BCUT2D eigenvalue weighted by molar-refractivity contribution is 6.33. The van der Waals surface area contributed by atoms with E-state index >= 15 is 0 Å². The molecule has 0 atom stereocenters. The van der Waals surface area contributed by atoms with Gasteiger partial charge >= 0.3 is 0 Å². The Balaban J connectivity index is 1.67. The second-order valence-corrected chi connectivity index (χ2v) is 9.66. The van der Waals surface area contributed by atoms with Gasteiger partial charge < -0.3 is 21.3 Å². The van der Waals surface area contributed by atoms with Crippen LogP contribution in [0.4, 0.5) is 23.3 Å². The lowest BCUT2D eigenvalue weighted by atomic mass is 9.92. The summed E-state index contributed by atoms with van der Waals surface area (Å²) in [6.45, 7) is 10.4. The van der Waals surface area contributed by atoms with Crippen LogP contribution in [0.5, 0.6) is 0 Å². The Morgan fingerprint density at radius 2 is 1.91 bits per heavy atom. The van der Waals surface area contributed by atoms with Gasteiger partial charge in [-0.05, 0) is 55.3 Å². The van der Waals surface area contributed by atoms with Crippen molar-refractivity contribution < 1.29 is 4.79 Å². The minimum atomic E-state index is -0.278. The van der Waals surface area contributed by atoms with Crippen LogP contribution in [0, 0.1) is 0 Å². The van der Waals surface area contributed by atoms with E-state index in [1.54, 1.807) is 6.07 Å². The number of carbonyl (C=O) groups is 1. The van der Waals surface area contributed by atoms with Crippen molar-refractivity contribution >= 4 is 40.8 Å². The molecule has 1 aliphatic rings. The van der Waals surface area contributed by atoms with Crippen molar-refractivity contribution in [1.82, 2.24) is 25.6 Å². The van der Waals surface area contributed by atoms with Gasteiger partial charge in [0.1, 0.15) is 11.4 Å². The fourth-order valence-corrected chi connectivity index (χ4v) is 3.86. The number of aromatic nitrogens is 3. The van der Waals surface area contributed by atoms with Crippen LogP contribution in [0.1, 0.15) is 54.9 Å². The average Bonchev–Trinajstić information content (AvgIpc) is 2.80. The number of anilines is 4. The molecule has 1 amide bonds. The zero-order chi connectivity index (χ0) is 24.3. The highest BCUT2D eigenvalue weighted by Crippen LogP contribution is 2.30. The number of pyridine rings is 1. The summed E-state index contributed by atoms with van der Waals surface area (Å²) in [6.07, 6.45) is 2.52. The molecule has 1 aliphatic heterocycles. The highest BCUT2D eigenvalue weighted by Gasteiger charge is 2.20. The van der Waals surface area contributed by atoms with E-state index in [1.807, 2.05) is 19.1 Å². The second-order valence-electron chi connectivity index (χ2n) is 9.25. The molecule has 178 valence electrons. The Morgan fingerprint density at radius 1 is 1.09 bits per heavy atom. The van der Waals surface area contributed by atoms with Gasteiger partial charge in [-0.3, -0.25) is 4.79 Å². The summed E-state index contributed by atoms with van der Waals surface area (Å²) in [7, 11) is 0. The number of carbonyl (C=O) groups excluding carboxylic acids is 1. The van der Waals surface area contributed by atoms with Gasteiger partial charge in [0.2, 0.25) is 5.95 Å². The molecular formula is C25H30ClN7O. The van der Waals surface area contributed by atoms with Gasteiger partial charge in [-0.15, -0.1) is 0 Å². The molecule has 34 heavy (non-hydrogen) atoms. The molecule has 0 spiro atoms. The third-order valence-electron chi connectivity index (χ3n) is 5.57. The molecule has 9 heteroatoms. The van der Waals surface area contributed by atoms with Crippen molar-refractivity contribution in [3.8, 4) is 0 Å². The molecule has 0 fully saturated rings. The third-order valence-corrected chi connectivity index (χ3v) is 5.88. The number of fused-ring (bicyclic) bond motifs is 1. The number of nitrogens with zero attached hydrogens (tertiary/aromatic N) is 3. The highest BCUT2D eigenvalue weighted by atomic mass is 35.5. The fraction of sp³-hybridized carbons (Fsp3) is 0.360. The van der Waals surface area contributed by atoms with Crippen LogP contribution in [0.3, 0.4) is 0 Å². The molecule has 0 saturated heterocycles. The Hall–Kier alpha value is -3.23. The lowest BCUT2D eigenvalue weighted by molar-refractivity contribution is 0.0956. The van der Waals surface area contributed by atoms with Gasteiger partial charge in [0.15, 0.2) is 5.82 Å². The first-order valence-corrected chi connectivity index (χ1v) is 11.8. The van der Waals surface area contributed by atoms with Crippen LogP contribution in [-0.4, -0.2) is 33.9 Å². The first-order chi connectivity index (χ1) is 16.2. The van der Waals surface area contributed by atoms with Gasteiger partial charge in [0.05, 0.1) is 5.02 Å². The van der Waals surface area contributed by atoms with Gasteiger partial charge in [-0.1, -0.05) is 38.4 Å². The molecule has 0 unspecified atom stereocenters. The number of benzene rings is 1. The smallest absolute Gasteiger partial charge is 0.256 e. The number of hydrogen-bond acceptors (Lipinski definition) is 7. The molecule has 0 saturated carbocycles. The molecule has 3 heterocycles. The number of halogens is 1. The van der Waals surface area contributed by atoms with Crippen molar-refractivity contribution in [2.75, 3.05) is 23.7 Å². The van der Waals surface area contributed by atoms with Gasteiger partial charge in [0.25, 0.3) is 5.91 Å². The van der Waals surface area contributed by atoms with Gasteiger partial charge in [-0.2, -0.15) is 4.98 Å². The van der Waals surface area contributed by atoms with E-state index in [2.05, 4.69) is 69.1 Å². The summed E-state index contributed by atoms with van der Waals surface area (Å²) in [5.74, 6) is 0.842. The third kappa shape index (κ3) is 5.46. The monoisotopic (exact) mass is 479 g/mol. The normalized spacial score (nSPS) is 13.2. The molecule has 0 aliphatic carbocycles. The largest absolute Gasteiger partial charge is 0.352 e. The number of nitrogens with one attached hydrogen (secondary N) is 4. The first kappa shape index (κ1) is 23.9. The van der Waals surface area contributed by atoms with Gasteiger partial charge in [0, 0.05) is 36.1 Å². The van der Waals surface area contributed by atoms with Crippen LogP contribution < -0.4 is 21.3 Å². The molecule has 0 bridgehead atoms. The van der Waals surface area contributed by atoms with E-state index in [1.165, 1.54) is 17.3 Å². The molecule has 1 aromatic carbocycles. The number of rotatable bonds is 6. The van der Waals surface area contributed by atoms with E-state index in [4.69, 9.17) is 11.6 Å². The van der Waals surface area contributed by atoms with E-state index in [-0.39, 0.29) is 11.3 Å². The Bertz CT molecular complexity index is 1210. The van der Waals surface area contributed by atoms with Crippen LogP contribution in [0.2, 0.25) is 5.02 Å². The second kappa shape index (κ2) is 9.95.